The van der Waals surface area contributed by atoms with Gasteiger partial charge in [0.15, 0.2) is 0 Å². The Morgan fingerprint density at radius 3 is 2.52 bits per heavy atom. The minimum Gasteiger partial charge on any atom is -0.459 e. The molecule has 4 rings (SSSR count). The van der Waals surface area contributed by atoms with Crippen molar-refractivity contribution < 1.29 is 9.53 Å². The third-order valence-electron chi connectivity index (χ3n) is 6.14. The van der Waals surface area contributed by atoms with Gasteiger partial charge >= 0.3 is 5.97 Å². The first kappa shape index (κ1) is 21.6. The van der Waals surface area contributed by atoms with Gasteiger partial charge in [-0.05, 0) is 44.2 Å². The Hall–Kier alpha value is -2.11. The van der Waals surface area contributed by atoms with Crippen LogP contribution in [-0.2, 0) is 4.74 Å². The Kier molecular flexibility index (Phi) is 6.49. The van der Waals surface area contributed by atoms with Crippen LogP contribution >= 0.6 is 12.4 Å². The highest BCUT2D eigenvalue weighted by Gasteiger charge is 2.41. The van der Waals surface area contributed by atoms with E-state index in [2.05, 4.69) is 11.5 Å². The number of carbonyl (C=O) groups is 1. The lowest BCUT2D eigenvalue weighted by Crippen LogP contribution is -2.46. The van der Waals surface area contributed by atoms with Crippen LogP contribution < -0.4 is 5.56 Å². The molecule has 1 aromatic heterocycles. The molecule has 2 aliphatic rings. The lowest BCUT2D eigenvalue weighted by atomic mass is 9.99. The van der Waals surface area contributed by atoms with Crippen molar-refractivity contribution in [2.24, 2.45) is 0 Å². The molecule has 6 heteroatoms. The zero-order chi connectivity index (χ0) is 19.8. The molecule has 3 atom stereocenters. The quantitative estimate of drug-likeness (QED) is 0.537. The van der Waals surface area contributed by atoms with Crippen LogP contribution in [0.1, 0.15) is 55.9 Å². The van der Waals surface area contributed by atoms with Crippen molar-refractivity contribution in [3.05, 3.63) is 58.9 Å². The van der Waals surface area contributed by atoms with Crippen LogP contribution in [0.5, 0.6) is 0 Å². The average Bonchev–Trinajstić information content (AvgIpc) is 2.90. The predicted molar refractivity (Wildman–Crippen MR) is 118 cm³/mol. The normalized spacial score (nSPS) is 23.8. The van der Waals surface area contributed by atoms with Crippen LogP contribution in [0.15, 0.2) is 47.8 Å². The number of fused-ring (bicyclic) bond motifs is 3. The summed E-state index contributed by atoms with van der Waals surface area (Å²) in [6.45, 7) is 8.65. The number of para-hydroxylation sites is 1. The third-order valence-corrected chi connectivity index (χ3v) is 6.14. The molecule has 0 unspecified atom stereocenters. The topological polar surface area (TPSA) is 51.5 Å². The van der Waals surface area contributed by atoms with Gasteiger partial charge in [0.2, 0.25) is 0 Å². The van der Waals surface area contributed by atoms with Crippen molar-refractivity contribution in [2.75, 3.05) is 6.54 Å². The first-order chi connectivity index (χ1) is 13.5. The second-order valence-electron chi connectivity index (χ2n) is 8.25. The Morgan fingerprint density at radius 1 is 1.24 bits per heavy atom. The summed E-state index contributed by atoms with van der Waals surface area (Å²) in [7, 11) is 0. The molecular weight excluding hydrogens is 388 g/mol. The molecule has 3 heterocycles. The zero-order valence-corrected chi connectivity index (χ0v) is 17.9. The Labute approximate surface area is 177 Å². The van der Waals surface area contributed by atoms with Crippen molar-refractivity contribution in [1.29, 1.82) is 0 Å². The van der Waals surface area contributed by atoms with Gasteiger partial charge in [0.05, 0.1) is 5.52 Å². The number of hydrogen-bond donors (Lipinski definition) is 0. The second-order valence-corrected chi connectivity index (χ2v) is 8.25. The van der Waals surface area contributed by atoms with Crippen molar-refractivity contribution in [1.82, 2.24) is 9.47 Å². The van der Waals surface area contributed by atoms with Gasteiger partial charge < -0.3 is 9.30 Å². The highest BCUT2D eigenvalue weighted by atomic mass is 35.5. The summed E-state index contributed by atoms with van der Waals surface area (Å²) in [5, 5.41) is 0.878. The van der Waals surface area contributed by atoms with Gasteiger partial charge in [-0.2, -0.15) is 0 Å². The number of pyridine rings is 1. The number of nitrogens with zero attached hydrogens (tertiary/aromatic N) is 2. The SMILES string of the molecule is C=CCN1[C@@H]2CC[C@H]1C[C@@H](OC(=O)c1cc3ccccc3n(C(C)C)c1=O)C2.Cl. The number of benzene rings is 1. The molecule has 0 spiro atoms. The molecule has 29 heavy (non-hydrogen) atoms. The Morgan fingerprint density at radius 2 is 1.90 bits per heavy atom. The molecule has 1 aromatic carbocycles. The summed E-state index contributed by atoms with van der Waals surface area (Å²) >= 11 is 0. The monoisotopic (exact) mass is 416 g/mol. The molecule has 2 aliphatic heterocycles. The van der Waals surface area contributed by atoms with E-state index in [1.165, 1.54) is 0 Å². The molecule has 2 bridgehead atoms. The number of aromatic nitrogens is 1. The lowest BCUT2D eigenvalue weighted by Gasteiger charge is -2.37. The van der Waals surface area contributed by atoms with Crippen LogP contribution in [-0.4, -0.2) is 40.2 Å². The standard InChI is InChI=1S/C23H28N2O3.ClH/c1-4-11-24-17-9-10-18(24)14-19(13-17)28-23(27)20-12-16-7-5-6-8-21(16)25(15(2)3)22(20)26;/h4-8,12,15,17-19H,1,9-11,13-14H2,2-3H3;1H/t17-,18+,19+;. The number of halogens is 1. The largest absolute Gasteiger partial charge is 0.459 e. The molecule has 156 valence electrons. The van der Waals surface area contributed by atoms with Gasteiger partial charge in [0, 0.05) is 37.5 Å². The van der Waals surface area contributed by atoms with E-state index in [1.54, 1.807) is 10.6 Å². The summed E-state index contributed by atoms with van der Waals surface area (Å²) in [5.74, 6) is -0.494. The minimum absolute atomic E-state index is 0. The fourth-order valence-electron chi connectivity index (χ4n) is 4.93. The van der Waals surface area contributed by atoms with E-state index < -0.39 is 5.97 Å². The molecular formula is C23H29ClN2O3. The molecule has 5 nitrogen and oxygen atoms in total. The maximum absolute atomic E-state index is 13.0. The van der Waals surface area contributed by atoms with Gasteiger partial charge in [-0.15, -0.1) is 19.0 Å². The van der Waals surface area contributed by atoms with Crippen LogP contribution in [0.4, 0.5) is 0 Å². The first-order valence-electron chi connectivity index (χ1n) is 10.2. The summed E-state index contributed by atoms with van der Waals surface area (Å²) < 4.78 is 7.53. The molecule has 0 aliphatic carbocycles. The molecule has 0 saturated carbocycles. The van der Waals surface area contributed by atoms with Gasteiger partial charge in [-0.1, -0.05) is 24.3 Å². The highest BCUT2D eigenvalue weighted by molar-refractivity contribution is 5.94. The zero-order valence-electron chi connectivity index (χ0n) is 17.0. The molecule has 2 saturated heterocycles. The summed E-state index contributed by atoms with van der Waals surface area (Å²) in [6.07, 6.45) is 5.78. The van der Waals surface area contributed by atoms with Gasteiger partial charge in [0.1, 0.15) is 11.7 Å². The molecule has 0 radical (unpaired) electrons. The van der Waals surface area contributed by atoms with E-state index >= 15 is 0 Å². The molecule has 2 aromatic rings. The van der Waals surface area contributed by atoms with Crippen molar-refractivity contribution in [3.8, 4) is 0 Å². The van der Waals surface area contributed by atoms with Crippen LogP contribution in [0, 0.1) is 0 Å². The number of rotatable bonds is 5. The average molecular weight is 417 g/mol. The predicted octanol–water partition coefficient (Wildman–Crippen LogP) is 4.34. The number of hydrogen-bond acceptors (Lipinski definition) is 4. The van der Waals surface area contributed by atoms with E-state index in [0.29, 0.717) is 12.1 Å². The summed E-state index contributed by atoms with van der Waals surface area (Å²) in [6, 6.07) is 10.2. The maximum Gasteiger partial charge on any atom is 0.344 e. The van der Waals surface area contributed by atoms with Gasteiger partial charge in [-0.3, -0.25) is 9.69 Å². The van der Waals surface area contributed by atoms with E-state index in [1.807, 2.05) is 44.2 Å². The van der Waals surface area contributed by atoms with Gasteiger partial charge in [-0.25, -0.2) is 4.79 Å². The summed E-state index contributed by atoms with van der Waals surface area (Å²) in [4.78, 5) is 28.4. The maximum atomic E-state index is 13.0. The smallest absolute Gasteiger partial charge is 0.344 e. The Balaban J connectivity index is 0.00000240. The fraction of sp³-hybridized carbons (Fsp3) is 0.478. The van der Waals surface area contributed by atoms with E-state index in [9.17, 15) is 9.59 Å². The van der Waals surface area contributed by atoms with E-state index in [4.69, 9.17) is 4.74 Å². The van der Waals surface area contributed by atoms with Gasteiger partial charge in [0.25, 0.3) is 5.56 Å². The van der Waals surface area contributed by atoms with E-state index in [0.717, 1.165) is 43.1 Å². The third kappa shape index (κ3) is 3.99. The van der Waals surface area contributed by atoms with Crippen LogP contribution in [0.3, 0.4) is 0 Å². The summed E-state index contributed by atoms with van der Waals surface area (Å²) in [5.41, 5.74) is 0.703. The first-order valence-corrected chi connectivity index (χ1v) is 10.2. The Bertz CT molecular complexity index is 954. The lowest BCUT2D eigenvalue weighted by molar-refractivity contribution is -0.00363. The highest BCUT2D eigenvalue weighted by Crippen LogP contribution is 2.36. The van der Waals surface area contributed by atoms with Crippen molar-refractivity contribution in [3.63, 3.8) is 0 Å². The number of carbonyl (C=O) groups excluding carboxylic acids is 1. The molecule has 0 amide bonds. The number of ether oxygens (including phenoxy) is 1. The fourth-order valence-corrected chi connectivity index (χ4v) is 4.93. The van der Waals surface area contributed by atoms with E-state index in [-0.39, 0.29) is 35.7 Å². The van der Waals surface area contributed by atoms with Crippen molar-refractivity contribution >= 4 is 29.3 Å². The second kappa shape index (κ2) is 8.72. The minimum atomic E-state index is -0.494. The molecule has 2 fully saturated rings. The molecule has 0 N–H and O–H groups in total. The van der Waals surface area contributed by atoms with Crippen molar-refractivity contribution in [2.45, 2.75) is 63.8 Å². The van der Waals surface area contributed by atoms with Crippen LogP contribution in [0.25, 0.3) is 10.9 Å². The number of esters is 1. The number of piperidine rings is 1. The van der Waals surface area contributed by atoms with Crippen LogP contribution in [0.2, 0.25) is 0 Å².